The monoisotopic (exact) mass is 595 g/mol. The van der Waals surface area contributed by atoms with Gasteiger partial charge in [-0.15, -0.1) is 0 Å². The van der Waals surface area contributed by atoms with Gasteiger partial charge < -0.3 is 34.5 Å². The number of methoxy groups -OCH3 is 2. The molecule has 0 aliphatic heterocycles. The molecule has 8 atom stereocenters. The van der Waals surface area contributed by atoms with Gasteiger partial charge in [0, 0.05) is 44.4 Å². The maximum absolute atomic E-state index is 13.3. The summed E-state index contributed by atoms with van der Waals surface area (Å²) in [5.41, 5.74) is -0.552. The fourth-order valence-corrected chi connectivity index (χ4v) is 6.75. The first kappa shape index (κ1) is 36.4. The summed E-state index contributed by atoms with van der Waals surface area (Å²) in [5.74, 6) is 2.08. The van der Waals surface area contributed by atoms with Crippen LogP contribution in [0.4, 0.5) is 0 Å². The molecule has 2 fully saturated rings. The lowest BCUT2D eigenvalue weighted by molar-refractivity contribution is -0.131. The van der Waals surface area contributed by atoms with Gasteiger partial charge in [0.15, 0.2) is 0 Å². The Labute approximate surface area is 255 Å². The number of nitrogens with one attached hydrogen (secondary N) is 1. The van der Waals surface area contributed by atoms with Crippen LogP contribution < -0.4 is 5.32 Å². The number of hydrogen-bond donors (Lipinski definition) is 3. The summed E-state index contributed by atoms with van der Waals surface area (Å²) >= 11 is 0. The maximum atomic E-state index is 13.3. The van der Waals surface area contributed by atoms with Crippen molar-refractivity contribution in [3.8, 4) is 0 Å². The molecule has 0 heterocycles. The number of allylic oxidation sites excluding steroid dienone is 2. The zero-order valence-corrected chi connectivity index (χ0v) is 27.5. The molecule has 8 nitrogen and oxygen atoms in total. The van der Waals surface area contributed by atoms with Crippen molar-refractivity contribution < 1.29 is 34.0 Å². The van der Waals surface area contributed by atoms with E-state index in [1.54, 1.807) is 20.5 Å². The molecule has 244 valence electrons. The fraction of sp³-hybridized carbons (Fsp3) is 0.853. The van der Waals surface area contributed by atoms with Crippen LogP contribution in [0.2, 0.25) is 0 Å². The van der Waals surface area contributed by atoms with Crippen LogP contribution in [-0.4, -0.2) is 67.4 Å². The average molecular weight is 596 g/mol. The number of hydrogen-bond acceptors (Lipinski definition) is 7. The van der Waals surface area contributed by atoms with Crippen molar-refractivity contribution in [3.63, 3.8) is 0 Å². The molecule has 0 radical (unpaired) electrons. The number of fused-ring (bicyclic) bond motifs is 2. The third kappa shape index (κ3) is 11.7. The van der Waals surface area contributed by atoms with E-state index in [0.717, 1.165) is 44.3 Å². The predicted molar refractivity (Wildman–Crippen MR) is 166 cm³/mol. The second kappa shape index (κ2) is 18.1. The predicted octanol–water partition coefficient (Wildman–Crippen LogP) is 6.11. The van der Waals surface area contributed by atoms with E-state index in [-0.39, 0.29) is 41.7 Å². The topological polar surface area (TPSA) is 106 Å². The maximum Gasteiger partial charge on any atom is 0.223 e. The summed E-state index contributed by atoms with van der Waals surface area (Å²) in [6.45, 7) is 15.9. The van der Waals surface area contributed by atoms with E-state index >= 15 is 0 Å². The SMILES string of the molecule is C=C(O[C@@H](CC[C@@H](O)CC(CC)C(=O)NC1C(C)CC2(O)CCC[C@@H]1C2)C(C)C)[C@H](C)C/C(=C/OCCCOC)OC. The van der Waals surface area contributed by atoms with Gasteiger partial charge in [-0.25, -0.2) is 0 Å². The van der Waals surface area contributed by atoms with Gasteiger partial charge in [0.1, 0.15) is 18.1 Å². The van der Waals surface area contributed by atoms with E-state index < -0.39 is 11.7 Å². The van der Waals surface area contributed by atoms with Gasteiger partial charge in [-0.05, 0) is 69.1 Å². The van der Waals surface area contributed by atoms with E-state index in [9.17, 15) is 15.0 Å². The highest BCUT2D eigenvalue weighted by atomic mass is 16.5. The fourth-order valence-electron chi connectivity index (χ4n) is 6.75. The number of aliphatic hydroxyl groups is 2. The Balaban J connectivity index is 1.83. The van der Waals surface area contributed by atoms with Crippen LogP contribution in [0.1, 0.15) is 105 Å². The van der Waals surface area contributed by atoms with E-state index in [1.807, 2.05) is 6.92 Å². The van der Waals surface area contributed by atoms with Gasteiger partial charge in [0.2, 0.25) is 5.91 Å². The Hall–Kier alpha value is -1.77. The average Bonchev–Trinajstić information content (AvgIpc) is 2.94. The van der Waals surface area contributed by atoms with Gasteiger partial charge in [0.25, 0.3) is 0 Å². The van der Waals surface area contributed by atoms with Crippen molar-refractivity contribution in [1.29, 1.82) is 0 Å². The molecular weight excluding hydrogens is 534 g/mol. The molecule has 0 spiro atoms. The van der Waals surface area contributed by atoms with E-state index in [0.29, 0.717) is 57.0 Å². The quantitative estimate of drug-likeness (QED) is 0.115. The summed E-state index contributed by atoms with van der Waals surface area (Å²) in [6, 6.07) is 0.103. The highest BCUT2D eigenvalue weighted by Crippen LogP contribution is 2.45. The number of carbonyl (C=O) groups excluding carboxylic acids is 1. The summed E-state index contributed by atoms with van der Waals surface area (Å²) in [6.07, 6.45) is 9.25. The zero-order chi connectivity index (χ0) is 31.3. The smallest absolute Gasteiger partial charge is 0.223 e. The number of amides is 1. The number of rotatable bonds is 20. The Morgan fingerprint density at radius 3 is 2.55 bits per heavy atom. The van der Waals surface area contributed by atoms with Gasteiger partial charge in [-0.2, -0.15) is 0 Å². The molecule has 2 saturated carbocycles. The van der Waals surface area contributed by atoms with E-state index in [2.05, 4.69) is 39.6 Å². The summed E-state index contributed by atoms with van der Waals surface area (Å²) < 4.78 is 22.4. The van der Waals surface area contributed by atoms with Crippen LogP contribution in [0.25, 0.3) is 0 Å². The van der Waals surface area contributed by atoms with Crippen molar-refractivity contribution in [2.24, 2.45) is 29.6 Å². The molecule has 2 aliphatic carbocycles. The molecule has 2 rings (SSSR count). The third-order valence-electron chi connectivity index (χ3n) is 9.39. The Morgan fingerprint density at radius 2 is 1.90 bits per heavy atom. The largest absolute Gasteiger partial charge is 0.498 e. The standard InChI is InChI=1S/C34H61NO7/c1-9-27(33(37)35-32-25(5)20-34(38)15-10-12-28(32)21-34)19-29(36)13-14-31(23(2)3)42-26(6)24(4)18-30(40-8)22-41-17-11-16-39-7/h22-25,27-29,31-32,36,38H,6,9-21H2,1-5,7-8H3,(H,35,37)/b30-22-/t24-,25?,27?,28-,29-,31+,32?,34?/m1/s1. The molecule has 0 saturated heterocycles. The van der Waals surface area contributed by atoms with Gasteiger partial charge in [-0.1, -0.05) is 47.6 Å². The van der Waals surface area contributed by atoms with Crippen LogP contribution in [0.15, 0.2) is 24.4 Å². The van der Waals surface area contributed by atoms with Crippen molar-refractivity contribution in [2.75, 3.05) is 27.4 Å². The van der Waals surface area contributed by atoms with Crippen LogP contribution in [0.5, 0.6) is 0 Å². The van der Waals surface area contributed by atoms with Crippen LogP contribution in [0.3, 0.4) is 0 Å². The van der Waals surface area contributed by atoms with Gasteiger partial charge in [-0.3, -0.25) is 4.79 Å². The van der Waals surface area contributed by atoms with Gasteiger partial charge >= 0.3 is 0 Å². The number of carbonyl (C=O) groups is 1. The second-order valence-electron chi connectivity index (χ2n) is 13.3. The van der Waals surface area contributed by atoms with Crippen LogP contribution in [-0.2, 0) is 23.7 Å². The molecule has 2 aliphatic rings. The van der Waals surface area contributed by atoms with Gasteiger partial charge in [0.05, 0.1) is 31.2 Å². The minimum Gasteiger partial charge on any atom is -0.498 e. The van der Waals surface area contributed by atoms with Crippen molar-refractivity contribution >= 4 is 5.91 Å². The number of ether oxygens (including phenoxy) is 4. The first-order chi connectivity index (χ1) is 19.9. The zero-order valence-electron chi connectivity index (χ0n) is 27.5. The van der Waals surface area contributed by atoms with E-state index in [4.69, 9.17) is 18.9 Å². The molecule has 1 amide bonds. The summed E-state index contributed by atoms with van der Waals surface area (Å²) in [5, 5.41) is 25.1. The number of aliphatic hydroxyl groups excluding tert-OH is 1. The van der Waals surface area contributed by atoms with Crippen LogP contribution >= 0.6 is 0 Å². The molecule has 4 unspecified atom stereocenters. The minimum absolute atomic E-state index is 0.0282. The van der Waals surface area contributed by atoms with Crippen LogP contribution in [0, 0.1) is 29.6 Å². The lowest BCUT2D eigenvalue weighted by Crippen LogP contribution is -2.56. The lowest BCUT2D eigenvalue weighted by Gasteiger charge is -2.49. The normalized spacial score (nSPS) is 27.1. The Bertz CT molecular complexity index is 842. The molecule has 8 heteroatoms. The lowest BCUT2D eigenvalue weighted by atomic mass is 9.63. The molecule has 0 aromatic heterocycles. The highest BCUT2D eigenvalue weighted by molar-refractivity contribution is 5.79. The Morgan fingerprint density at radius 1 is 1.17 bits per heavy atom. The molecule has 3 N–H and O–H groups in total. The van der Waals surface area contributed by atoms with Crippen molar-refractivity contribution in [2.45, 2.75) is 129 Å². The summed E-state index contributed by atoms with van der Waals surface area (Å²) in [7, 11) is 3.30. The molecule has 0 aromatic rings. The first-order valence-corrected chi connectivity index (χ1v) is 16.3. The first-order valence-electron chi connectivity index (χ1n) is 16.3. The highest BCUT2D eigenvalue weighted by Gasteiger charge is 2.46. The molecule has 42 heavy (non-hydrogen) atoms. The summed E-state index contributed by atoms with van der Waals surface area (Å²) in [4.78, 5) is 13.3. The second-order valence-corrected chi connectivity index (χ2v) is 13.3. The van der Waals surface area contributed by atoms with Crippen molar-refractivity contribution in [3.05, 3.63) is 24.4 Å². The minimum atomic E-state index is -0.585. The molecular formula is C34H61NO7. The molecule has 0 aromatic carbocycles. The Kier molecular flexibility index (Phi) is 15.7. The molecule has 2 bridgehead atoms. The third-order valence-corrected chi connectivity index (χ3v) is 9.39. The van der Waals surface area contributed by atoms with Crippen molar-refractivity contribution in [1.82, 2.24) is 5.32 Å². The van der Waals surface area contributed by atoms with E-state index in [1.165, 1.54) is 0 Å².